The zero-order chi connectivity index (χ0) is 17.0. The van der Waals surface area contributed by atoms with Gasteiger partial charge in [-0.1, -0.05) is 22.0 Å². The van der Waals surface area contributed by atoms with Gasteiger partial charge in [0.15, 0.2) is 11.5 Å². The lowest BCUT2D eigenvalue weighted by Gasteiger charge is -2.10. The average molecular weight is 379 g/mol. The van der Waals surface area contributed by atoms with Crippen molar-refractivity contribution in [1.82, 2.24) is 0 Å². The summed E-state index contributed by atoms with van der Waals surface area (Å²) in [5.74, 6) is -0.189. The zero-order valence-electron chi connectivity index (χ0n) is 12.5. The second kappa shape index (κ2) is 7.19. The Hall–Kier alpha value is -2.47. The first-order valence-corrected chi connectivity index (χ1v) is 7.41. The predicted octanol–water partition coefficient (Wildman–Crippen LogP) is 3.80. The van der Waals surface area contributed by atoms with Gasteiger partial charge in [-0.25, -0.2) is 4.79 Å². The molecule has 0 saturated heterocycles. The van der Waals surface area contributed by atoms with Crippen molar-refractivity contribution >= 4 is 33.5 Å². The Kier molecular flexibility index (Phi) is 5.28. The zero-order valence-corrected chi connectivity index (χ0v) is 14.1. The molecule has 0 amide bonds. The molecule has 0 aliphatic carbocycles. The van der Waals surface area contributed by atoms with Crippen LogP contribution in [-0.2, 0) is 4.79 Å². The van der Waals surface area contributed by atoms with Crippen LogP contribution < -0.4 is 9.47 Å². The van der Waals surface area contributed by atoms with Crippen LogP contribution in [-0.4, -0.2) is 30.4 Å². The number of methoxy groups -OCH3 is 2. The fraction of sp³-hybridized carbons (Fsp3) is 0.118. The molecule has 0 aliphatic heterocycles. The molecule has 120 valence electrons. The fourth-order valence-corrected chi connectivity index (χ4v) is 2.45. The molecular weight excluding hydrogens is 364 g/mol. The van der Waals surface area contributed by atoms with Gasteiger partial charge in [-0.3, -0.25) is 0 Å². The van der Waals surface area contributed by atoms with Gasteiger partial charge in [-0.15, -0.1) is 0 Å². The first-order chi connectivity index (χ1) is 11.0. The lowest BCUT2D eigenvalue weighted by atomic mass is 10.0. The van der Waals surface area contributed by atoms with Gasteiger partial charge in [0, 0.05) is 10.0 Å². The smallest absolute Gasteiger partial charge is 0.336 e. The van der Waals surface area contributed by atoms with Crippen molar-refractivity contribution in [3.63, 3.8) is 0 Å². The lowest BCUT2D eigenvalue weighted by Crippen LogP contribution is -2.01. The summed E-state index contributed by atoms with van der Waals surface area (Å²) in [6.07, 6.45) is 1.41. The van der Waals surface area contributed by atoms with Crippen LogP contribution in [0.2, 0.25) is 0 Å². The molecular formula is C17H15BrO5. The number of carbonyl (C=O) groups is 1. The van der Waals surface area contributed by atoms with Crippen LogP contribution in [0.3, 0.4) is 0 Å². The average Bonchev–Trinajstić information content (AvgIpc) is 2.54. The van der Waals surface area contributed by atoms with E-state index in [1.54, 1.807) is 30.3 Å². The number of aliphatic carboxylic acids is 1. The minimum Gasteiger partial charge on any atom is -0.507 e. The van der Waals surface area contributed by atoms with E-state index < -0.39 is 5.97 Å². The number of phenols is 1. The SMILES string of the molecule is COc1ccc(/C(=C/c2cc(Br)ccc2O)C(=O)O)cc1OC. The van der Waals surface area contributed by atoms with Crippen LogP contribution in [0.25, 0.3) is 11.6 Å². The van der Waals surface area contributed by atoms with Crippen LogP contribution in [0.15, 0.2) is 40.9 Å². The summed E-state index contributed by atoms with van der Waals surface area (Å²) in [6, 6.07) is 9.63. The standard InChI is InChI=1S/C17H15BrO5/c1-22-15-6-3-10(9-16(15)23-2)13(17(20)21)8-11-7-12(18)4-5-14(11)19/h3-9,19H,1-2H3,(H,20,21)/b13-8-. The summed E-state index contributed by atoms with van der Waals surface area (Å²) >= 11 is 3.30. The van der Waals surface area contributed by atoms with Crippen molar-refractivity contribution < 1.29 is 24.5 Å². The van der Waals surface area contributed by atoms with E-state index in [-0.39, 0.29) is 11.3 Å². The molecule has 2 N–H and O–H groups in total. The van der Waals surface area contributed by atoms with Crippen molar-refractivity contribution in [2.24, 2.45) is 0 Å². The van der Waals surface area contributed by atoms with Crippen molar-refractivity contribution in [3.8, 4) is 17.2 Å². The molecule has 0 bridgehead atoms. The maximum absolute atomic E-state index is 11.6. The van der Waals surface area contributed by atoms with E-state index in [1.807, 2.05) is 0 Å². The number of carboxylic acid groups (broad SMARTS) is 1. The summed E-state index contributed by atoms with van der Waals surface area (Å²) in [4.78, 5) is 11.6. The maximum atomic E-state index is 11.6. The Morgan fingerprint density at radius 3 is 2.39 bits per heavy atom. The highest BCUT2D eigenvalue weighted by atomic mass is 79.9. The largest absolute Gasteiger partial charge is 0.507 e. The lowest BCUT2D eigenvalue weighted by molar-refractivity contribution is -0.130. The van der Waals surface area contributed by atoms with Gasteiger partial charge in [0.2, 0.25) is 0 Å². The third-order valence-electron chi connectivity index (χ3n) is 3.21. The topological polar surface area (TPSA) is 76.0 Å². The summed E-state index contributed by atoms with van der Waals surface area (Å²) in [5.41, 5.74) is 0.862. The molecule has 0 aromatic heterocycles. The van der Waals surface area contributed by atoms with E-state index in [9.17, 15) is 15.0 Å². The second-order valence-electron chi connectivity index (χ2n) is 4.64. The molecule has 2 aromatic rings. The van der Waals surface area contributed by atoms with E-state index in [1.165, 1.54) is 26.4 Å². The number of rotatable bonds is 5. The van der Waals surface area contributed by atoms with Crippen LogP contribution >= 0.6 is 15.9 Å². The maximum Gasteiger partial charge on any atom is 0.336 e. The van der Waals surface area contributed by atoms with Gasteiger partial charge in [0.25, 0.3) is 0 Å². The van der Waals surface area contributed by atoms with Crippen molar-refractivity contribution in [2.75, 3.05) is 14.2 Å². The molecule has 0 heterocycles. The monoisotopic (exact) mass is 378 g/mol. The highest BCUT2D eigenvalue weighted by Crippen LogP contribution is 2.32. The molecule has 0 unspecified atom stereocenters. The number of aromatic hydroxyl groups is 1. The minimum atomic E-state index is -1.11. The van der Waals surface area contributed by atoms with Gasteiger partial charge in [0.05, 0.1) is 19.8 Å². The summed E-state index contributed by atoms with van der Waals surface area (Å²) in [6.45, 7) is 0. The van der Waals surface area contributed by atoms with Crippen molar-refractivity contribution in [2.45, 2.75) is 0 Å². The van der Waals surface area contributed by atoms with Crippen LogP contribution in [0.4, 0.5) is 0 Å². The van der Waals surface area contributed by atoms with Crippen LogP contribution in [0.1, 0.15) is 11.1 Å². The molecule has 0 radical (unpaired) electrons. The third-order valence-corrected chi connectivity index (χ3v) is 3.71. The number of benzene rings is 2. The molecule has 2 rings (SSSR count). The van der Waals surface area contributed by atoms with Crippen molar-refractivity contribution in [1.29, 1.82) is 0 Å². The molecule has 6 heteroatoms. The number of hydrogen-bond donors (Lipinski definition) is 2. The first-order valence-electron chi connectivity index (χ1n) is 6.62. The number of phenolic OH excluding ortho intramolecular Hbond substituents is 1. The normalized spacial score (nSPS) is 11.2. The van der Waals surface area contributed by atoms with E-state index in [0.29, 0.717) is 22.6 Å². The Bertz CT molecular complexity index is 768. The van der Waals surface area contributed by atoms with Gasteiger partial charge in [0.1, 0.15) is 5.75 Å². The van der Waals surface area contributed by atoms with Crippen LogP contribution in [0, 0.1) is 0 Å². The summed E-state index contributed by atoms with van der Waals surface area (Å²) < 4.78 is 11.1. The fourth-order valence-electron chi connectivity index (χ4n) is 2.07. The Labute approximate surface area is 141 Å². The van der Waals surface area contributed by atoms with E-state index in [0.717, 1.165) is 4.47 Å². The number of ether oxygens (including phenoxy) is 2. The van der Waals surface area contributed by atoms with E-state index in [4.69, 9.17) is 9.47 Å². The Morgan fingerprint density at radius 2 is 1.78 bits per heavy atom. The Morgan fingerprint density at radius 1 is 1.09 bits per heavy atom. The molecule has 0 saturated carbocycles. The Balaban J connectivity index is 2.57. The van der Waals surface area contributed by atoms with E-state index >= 15 is 0 Å². The number of hydrogen-bond acceptors (Lipinski definition) is 4. The summed E-state index contributed by atoms with van der Waals surface area (Å²) in [7, 11) is 2.98. The van der Waals surface area contributed by atoms with E-state index in [2.05, 4.69) is 15.9 Å². The molecule has 0 atom stereocenters. The summed E-state index contributed by atoms with van der Waals surface area (Å²) in [5, 5.41) is 19.4. The minimum absolute atomic E-state index is 0.00701. The molecule has 23 heavy (non-hydrogen) atoms. The number of halogens is 1. The highest BCUT2D eigenvalue weighted by molar-refractivity contribution is 9.10. The van der Waals surface area contributed by atoms with Crippen LogP contribution in [0.5, 0.6) is 17.2 Å². The molecule has 0 spiro atoms. The number of carboxylic acids is 1. The molecule has 5 nitrogen and oxygen atoms in total. The second-order valence-corrected chi connectivity index (χ2v) is 5.55. The van der Waals surface area contributed by atoms with Gasteiger partial charge in [-0.2, -0.15) is 0 Å². The predicted molar refractivity (Wildman–Crippen MR) is 90.9 cm³/mol. The van der Waals surface area contributed by atoms with Gasteiger partial charge >= 0.3 is 5.97 Å². The highest BCUT2D eigenvalue weighted by Gasteiger charge is 2.15. The quantitative estimate of drug-likeness (QED) is 0.611. The molecule has 0 aliphatic rings. The first kappa shape index (κ1) is 16.9. The molecule has 0 fully saturated rings. The van der Waals surface area contributed by atoms with Gasteiger partial charge < -0.3 is 19.7 Å². The third kappa shape index (κ3) is 3.84. The molecule has 2 aromatic carbocycles. The van der Waals surface area contributed by atoms with Gasteiger partial charge in [-0.05, 0) is 42.0 Å². The van der Waals surface area contributed by atoms with Crippen molar-refractivity contribution in [3.05, 3.63) is 52.0 Å².